The van der Waals surface area contributed by atoms with Crippen LogP contribution in [0, 0.1) is 13.8 Å². The van der Waals surface area contributed by atoms with Gasteiger partial charge in [-0.05, 0) is 279 Å². The molecule has 5 aliphatic heterocycles. The highest BCUT2D eigenvalue weighted by atomic mass is 35.5. The SMILES string of the molecule is CC(=O)c1cc(-c2cc(CC(=O)C3(c4ccc5c(c4)OC(F)(F)O5)CC3)ccc2C)cc2c1OCC2.Cc1ccc(NC(=O)C2(c3ccc4c(c3)OCO4)CC2)cc1-c1ccc(C(=O)O)o1.O=C(Nc1cccc(-c2ccc(S(=O)(=O)N3CCC[C@@H]3CO)cc2)c1)C1(c2ccc(Cl)cc2)CC1.O=C(Nc1cccc(-c2cn3cccnc3n2)c1)C1(c2ccc3c(c2)OCO3)CC1.[HH].[HH].[HH].[HH]. The summed E-state index contributed by atoms with van der Waals surface area (Å²) in [5.74, 6) is 3.08. The molecule has 0 radical (unpaired) electrons. The van der Waals surface area contributed by atoms with E-state index in [-0.39, 0.29) is 89.8 Å². The number of alkyl halides is 2. The number of fused-ring (bicyclic) bond motifs is 5. The van der Waals surface area contributed by atoms with Crippen molar-refractivity contribution >= 4 is 79.7 Å². The molecule has 0 bridgehead atoms. The molecule has 131 heavy (non-hydrogen) atoms. The lowest BCUT2D eigenvalue weighted by atomic mass is 9.86. The first-order valence-corrected chi connectivity index (χ1v) is 45.0. The van der Waals surface area contributed by atoms with Gasteiger partial charge in [0.25, 0.3) is 0 Å². The number of nitrogens with zero attached hydrogens (tertiary/aromatic N) is 4. The zero-order valence-electron chi connectivity index (χ0n) is 71.4. The number of carbonyl (C=O) groups is 6. The predicted octanol–water partition coefficient (Wildman–Crippen LogP) is 19.9. The first kappa shape index (κ1) is 86.3. The van der Waals surface area contributed by atoms with Crippen molar-refractivity contribution in [3.05, 3.63) is 298 Å². The Bertz CT molecular complexity index is 6880. The van der Waals surface area contributed by atoms with Gasteiger partial charge in [-0.25, -0.2) is 23.2 Å². The summed E-state index contributed by atoms with van der Waals surface area (Å²) in [7, 11) is -3.65. The minimum absolute atomic E-state index is 0. The molecule has 5 fully saturated rings. The van der Waals surface area contributed by atoms with Crippen molar-refractivity contribution in [2.24, 2.45) is 0 Å². The first-order chi connectivity index (χ1) is 63.1. The van der Waals surface area contributed by atoms with Gasteiger partial charge in [-0.2, -0.15) is 4.31 Å². The molecule has 10 aromatic carbocycles. The number of hydrogen-bond donors (Lipinski definition) is 5. The van der Waals surface area contributed by atoms with Gasteiger partial charge in [0.05, 0.1) is 51.0 Å². The lowest BCUT2D eigenvalue weighted by molar-refractivity contribution is -0.286. The summed E-state index contributed by atoms with van der Waals surface area (Å²) in [5, 5.41) is 28.4. The number of sulfonamides is 1. The molecule has 674 valence electrons. The molecule has 0 unspecified atom stereocenters. The molecule has 9 aliphatic rings. The van der Waals surface area contributed by atoms with Crippen LogP contribution in [0.1, 0.15) is 142 Å². The third kappa shape index (κ3) is 17.3. The monoisotopic (exact) mass is 1810 g/mol. The number of Topliss-reactive ketones (excluding diaryl/α,β-unsaturated/α-hetero) is 2. The quantitative estimate of drug-likeness (QED) is 0.0394. The Morgan fingerprint density at radius 3 is 1.73 bits per heavy atom. The predicted molar refractivity (Wildman–Crippen MR) is 492 cm³/mol. The van der Waals surface area contributed by atoms with Gasteiger partial charge in [-0.1, -0.05) is 103 Å². The lowest BCUT2D eigenvalue weighted by Gasteiger charge is -2.22. The van der Waals surface area contributed by atoms with Gasteiger partial charge in [0, 0.05) is 82.9 Å². The molecular formula is C102H96ClF2N7O18S. The van der Waals surface area contributed by atoms with E-state index in [1.165, 1.54) is 29.4 Å². The van der Waals surface area contributed by atoms with Crippen LogP contribution in [0.5, 0.6) is 40.2 Å². The average molecular weight is 1810 g/mol. The number of halogens is 3. The Morgan fingerprint density at radius 1 is 0.557 bits per heavy atom. The standard InChI is InChI=1S/C29H24F2O5.C27H27ClN2O4S.C23H18N4O3.C23H19NO6.4H2/c1-16-3-4-18(11-22(16)20-13-19-7-10-34-27(19)23(14-20)17(2)32)12-26(33)28(8-9-28)21-5-6-24-25(15-21)36-29(30,31)35-24;28-22-10-8-21(9-11-22)27(14-15-27)26(32)29-23-4-1-3-20(17-23)19-6-12-25(13-7-19)35(33,34)30-16-2-5-24(30)18-31;28-21(23(7-8-23)16-5-6-19-20(12-16)30-14-29-19)25-17-4-1-3-15(11-17)18-13-27-10-2-9-24-22(27)26-18;1-13-2-4-15(11-16(13)17-6-7-19(30-17)21(25)26)24-22(27)23(8-9-23)14-3-5-18-20(10-14)29-12-28-18;;;;/h3-6,11,13-15H,7-10,12H2,1-2H3;1,3-4,6-13,17,24,31H,2,5,14-16,18H2,(H,29,32);1-6,9-13H,7-8,14H2,(H,25,28);2-7,10-11H,8-9,12H2,1H3,(H,24,27)(H,25,26);4*1H/t;24-;;;;;;/m.1....../s1. The number of imidazole rings is 1. The maximum absolute atomic E-state index is 13.5. The summed E-state index contributed by atoms with van der Waals surface area (Å²) in [4.78, 5) is 85.3. The second-order valence-corrected chi connectivity index (χ2v) is 36.6. The van der Waals surface area contributed by atoms with Crippen LogP contribution in [0.4, 0.5) is 25.8 Å². The van der Waals surface area contributed by atoms with Crippen LogP contribution in [0.2, 0.25) is 5.02 Å². The van der Waals surface area contributed by atoms with Crippen LogP contribution in [-0.4, -0.2) is 118 Å². The summed E-state index contributed by atoms with van der Waals surface area (Å²) in [6.45, 7) is 6.68. The fourth-order valence-corrected chi connectivity index (χ4v) is 19.6. The number of ketones is 2. The van der Waals surface area contributed by atoms with E-state index in [0.717, 1.165) is 141 Å². The maximum Gasteiger partial charge on any atom is 0.586 e. The van der Waals surface area contributed by atoms with Crippen molar-refractivity contribution < 1.29 is 99.5 Å². The molecular weight excluding hydrogens is 1720 g/mol. The Morgan fingerprint density at radius 2 is 1.12 bits per heavy atom. The third-order valence-corrected chi connectivity index (χ3v) is 28.1. The number of anilines is 3. The zero-order chi connectivity index (χ0) is 90.9. The fourth-order valence-electron chi connectivity index (χ4n) is 17.8. The summed E-state index contributed by atoms with van der Waals surface area (Å²) < 4.78 is 98.1. The van der Waals surface area contributed by atoms with Crippen LogP contribution in [0.3, 0.4) is 0 Å². The van der Waals surface area contributed by atoms with E-state index in [0.29, 0.717) is 94.5 Å². The zero-order valence-corrected chi connectivity index (χ0v) is 72.9. The number of nitrogens with one attached hydrogen (secondary N) is 3. The van der Waals surface area contributed by atoms with Crippen LogP contribution >= 0.6 is 11.6 Å². The molecule has 5 N–H and O–H groups in total. The second kappa shape index (κ2) is 34.4. The Labute approximate surface area is 762 Å². The van der Waals surface area contributed by atoms with Gasteiger partial charge < -0.3 is 63.7 Å². The van der Waals surface area contributed by atoms with Gasteiger partial charge in [-0.15, -0.1) is 8.78 Å². The molecule has 3 amide bonds. The maximum atomic E-state index is 13.5. The molecule has 4 saturated carbocycles. The molecule has 25 nitrogen and oxygen atoms in total. The van der Waals surface area contributed by atoms with Crippen LogP contribution < -0.4 is 49.1 Å². The number of amides is 3. The minimum atomic E-state index is -3.69. The smallest absolute Gasteiger partial charge is 0.492 e. The molecule has 0 spiro atoms. The van der Waals surface area contributed by atoms with E-state index in [1.807, 2.05) is 182 Å². The number of carbonyl (C=O) groups excluding carboxylic acids is 5. The normalized spacial score (nSPS) is 17.3. The molecule has 1 saturated heterocycles. The molecule has 4 aliphatic carbocycles. The summed E-state index contributed by atoms with van der Waals surface area (Å²) in [5.41, 5.74) is 13.7. The van der Waals surface area contributed by atoms with E-state index in [2.05, 4.69) is 41.5 Å². The summed E-state index contributed by atoms with van der Waals surface area (Å²) in [6, 6.07) is 65.3. The van der Waals surface area contributed by atoms with Crippen LogP contribution in [0.15, 0.2) is 246 Å². The van der Waals surface area contributed by atoms with E-state index >= 15 is 0 Å². The van der Waals surface area contributed by atoms with Crippen molar-refractivity contribution in [3.63, 3.8) is 0 Å². The largest absolute Gasteiger partial charge is 0.586 e. The Kier molecular flexibility index (Phi) is 22.7. The first-order valence-electron chi connectivity index (χ1n) is 43.2. The minimum Gasteiger partial charge on any atom is -0.492 e. The number of aromatic carboxylic acids is 1. The summed E-state index contributed by atoms with van der Waals surface area (Å²) in [6.07, 6.45) is 10.3. The number of benzene rings is 10. The van der Waals surface area contributed by atoms with E-state index in [1.54, 1.807) is 48.7 Å². The molecule has 8 heterocycles. The molecule has 22 rings (SSSR count). The van der Waals surface area contributed by atoms with E-state index in [4.69, 9.17) is 44.8 Å². The number of hydrogen-bond acceptors (Lipinski definition) is 19. The summed E-state index contributed by atoms with van der Waals surface area (Å²) >= 11 is 6.00. The number of carboxylic acid groups (broad SMARTS) is 1. The third-order valence-electron chi connectivity index (χ3n) is 25.9. The van der Waals surface area contributed by atoms with Crippen molar-refractivity contribution in [2.45, 2.75) is 137 Å². The number of aliphatic hydroxyl groups excluding tert-OH is 1. The van der Waals surface area contributed by atoms with E-state index in [9.17, 15) is 51.1 Å². The average Bonchev–Trinajstić information content (AvgIpc) is 1.55. The highest BCUT2D eigenvalue weighted by Gasteiger charge is 2.55. The highest BCUT2D eigenvalue weighted by Crippen LogP contribution is 2.56. The number of furan rings is 1. The van der Waals surface area contributed by atoms with Gasteiger partial charge in [0.1, 0.15) is 17.3 Å². The fraction of sp³-hybridized carbons (Fsp3) is 0.255. The topological polar surface area (TPSA) is 324 Å². The molecule has 1 atom stereocenters. The van der Waals surface area contributed by atoms with Gasteiger partial charge in [0.2, 0.25) is 52.9 Å². The van der Waals surface area contributed by atoms with Crippen LogP contribution in [-0.2, 0) is 63.7 Å². The van der Waals surface area contributed by atoms with E-state index < -0.39 is 43.9 Å². The molecule has 29 heteroatoms. The number of aliphatic hydroxyl groups is 1. The van der Waals surface area contributed by atoms with Gasteiger partial charge >= 0.3 is 12.3 Å². The number of aromatic nitrogens is 3. The number of aryl methyl sites for hydroxylation is 2. The molecule has 13 aromatic rings. The Hall–Kier alpha value is -14.1. The van der Waals surface area contributed by atoms with Crippen molar-refractivity contribution in [1.82, 2.24) is 18.7 Å². The van der Waals surface area contributed by atoms with Crippen molar-refractivity contribution in [2.75, 3.05) is 49.3 Å². The second-order valence-electron chi connectivity index (χ2n) is 34.3. The Balaban J connectivity index is 0.000000136. The molecule has 3 aromatic heterocycles. The number of carboxylic acids is 1. The van der Waals surface area contributed by atoms with Crippen molar-refractivity contribution in [3.8, 4) is 85.1 Å². The number of ether oxygens (including phenoxy) is 7. The number of rotatable bonds is 22. The highest BCUT2D eigenvalue weighted by molar-refractivity contribution is 7.89. The van der Waals surface area contributed by atoms with Gasteiger partial charge in [0.15, 0.2) is 40.3 Å². The lowest BCUT2D eigenvalue weighted by Crippen LogP contribution is -2.37. The van der Waals surface area contributed by atoms with Crippen molar-refractivity contribution in [1.29, 1.82) is 0 Å². The van der Waals surface area contributed by atoms with Crippen LogP contribution in [0.25, 0.3) is 50.6 Å². The van der Waals surface area contributed by atoms with Gasteiger partial charge in [-0.3, -0.25) is 28.4 Å².